The molecule has 2 heterocycles. The summed E-state index contributed by atoms with van der Waals surface area (Å²) in [5.74, 6) is 1.43. The second-order valence-electron chi connectivity index (χ2n) is 5.79. The zero-order valence-electron chi connectivity index (χ0n) is 15.2. The van der Waals surface area contributed by atoms with Gasteiger partial charge in [0.05, 0.1) is 5.69 Å². The van der Waals surface area contributed by atoms with Gasteiger partial charge in [0.25, 0.3) is 11.8 Å². The van der Waals surface area contributed by atoms with E-state index in [1.807, 2.05) is 19.1 Å². The number of ether oxygens (including phenoxy) is 1. The summed E-state index contributed by atoms with van der Waals surface area (Å²) in [6.07, 6.45) is 0. The summed E-state index contributed by atoms with van der Waals surface area (Å²) in [6, 6.07) is 10.6. The molecule has 0 aliphatic carbocycles. The minimum absolute atomic E-state index is 0.0895. The molecule has 0 spiro atoms. The molecular weight excluding hydrogens is 366 g/mol. The molecule has 0 aliphatic rings. The molecule has 0 unspecified atom stereocenters. The van der Waals surface area contributed by atoms with Gasteiger partial charge in [0, 0.05) is 18.8 Å². The Kier molecular flexibility index (Phi) is 5.56. The number of carbonyl (C=O) groups excluding carboxylic acids is 2. The van der Waals surface area contributed by atoms with Crippen molar-refractivity contribution in [1.29, 1.82) is 0 Å². The first-order valence-corrected chi connectivity index (χ1v) is 9.07. The van der Waals surface area contributed by atoms with E-state index in [1.54, 1.807) is 31.2 Å². The Morgan fingerprint density at radius 1 is 1.22 bits per heavy atom. The SMILES string of the molecule is CNC(=O)COc1cccc(NC(=O)c2sc(-c3ccc(C)o3)nc2C)c1. The molecule has 3 aromatic rings. The third-order valence-corrected chi connectivity index (χ3v) is 4.87. The first-order valence-electron chi connectivity index (χ1n) is 8.25. The van der Waals surface area contributed by atoms with Crippen LogP contribution in [-0.4, -0.2) is 30.5 Å². The Bertz CT molecular complexity index is 977. The van der Waals surface area contributed by atoms with E-state index < -0.39 is 0 Å². The molecule has 8 heteroatoms. The summed E-state index contributed by atoms with van der Waals surface area (Å²) < 4.78 is 11.0. The highest BCUT2D eigenvalue weighted by atomic mass is 32.1. The van der Waals surface area contributed by atoms with E-state index in [1.165, 1.54) is 18.4 Å². The number of aryl methyl sites for hydroxylation is 2. The lowest BCUT2D eigenvalue weighted by molar-refractivity contribution is -0.122. The third-order valence-electron chi connectivity index (χ3n) is 3.69. The molecule has 140 valence electrons. The Morgan fingerprint density at radius 2 is 2.04 bits per heavy atom. The number of hydrogen-bond donors (Lipinski definition) is 2. The van der Waals surface area contributed by atoms with Crippen LogP contribution >= 0.6 is 11.3 Å². The zero-order valence-corrected chi connectivity index (χ0v) is 16.0. The van der Waals surface area contributed by atoms with Crippen LogP contribution in [0, 0.1) is 13.8 Å². The number of furan rings is 1. The van der Waals surface area contributed by atoms with Crippen molar-refractivity contribution in [3.63, 3.8) is 0 Å². The lowest BCUT2D eigenvalue weighted by atomic mass is 10.3. The van der Waals surface area contributed by atoms with Gasteiger partial charge in [0.1, 0.15) is 16.4 Å². The zero-order chi connectivity index (χ0) is 19.4. The number of anilines is 1. The first-order chi connectivity index (χ1) is 13.0. The highest BCUT2D eigenvalue weighted by Gasteiger charge is 2.18. The molecule has 0 saturated heterocycles. The standard InChI is InChI=1S/C19H19N3O4S/c1-11-7-8-15(26-11)19-21-12(2)17(27-19)18(24)22-13-5-4-6-14(9-13)25-10-16(23)20-3/h4-9H,10H2,1-3H3,(H,20,23)(H,22,24). The van der Waals surface area contributed by atoms with Gasteiger partial charge in [-0.05, 0) is 38.1 Å². The Balaban J connectivity index is 1.72. The first kappa shape index (κ1) is 18.7. The fourth-order valence-electron chi connectivity index (χ4n) is 2.33. The molecule has 0 atom stereocenters. The molecule has 0 saturated carbocycles. The normalized spacial score (nSPS) is 10.5. The number of thiazole rings is 1. The molecule has 27 heavy (non-hydrogen) atoms. The van der Waals surface area contributed by atoms with Gasteiger partial charge in [-0.1, -0.05) is 6.07 Å². The predicted octanol–water partition coefficient (Wildman–Crippen LogP) is 3.40. The summed E-state index contributed by atoms with van der Waals surface area (Å²) in [7, 11) is 1.54. The van der Waals surface area contributed by atoms with Crippen LogP contribution < -0.4 is 15.4 Å². The van der Waals surface area contributed by atoms with Crippen LogP contribution in [0.4, 0.5) is 5.69 Å². The van der Waals surface area contributed by atoms with E-state index in [0.29, 0.717) is 32.8 Å². The van der Waals surface area contributed by atoms with Gasteiger partial charge in [0.15, 0.2) is 17.4 Å². The summed E-state index contributed by atoms with van der Waals surface area (Å²) in [5.41, 5.74) is 1.20. The number of amides is 2. The quantitative estimate of drug-likeness (QED) is 0.678. The van der Waals surface area contributed by atoms with E-state index in [2.05, 4.69) is 15.6 Å². The summed E-state index contributed by atoms with van der Waals surface area (Å²) in [4.78, 5) is 28.8. The van der Waals surface area contributed by atoms with E-state index in [-0.39, 0.29) is 18.4 Å². The van der Waals surface area contributed by atoms with Crippen molar-refractivity contribution in [1.82, 2.24) is 10.3 Å². The van der Waals surface area contributed by atoms with Gasteiger partial charge in [-0.25, -0.2) is 4.98 Å². The fourth-order valence-corrected chi connectivity index (χ4v) is 3.26. The van der Waals surface area contributed by atoms with Crippen LogP contribution in [0.25, 0.3) is 10.8 Å². The average Bonchev–Trinajstić information content (AvgIpc) is 3.25. The molecule has 0 radical (unpaired) electrons. The largest absolute Gasteiger partial charge is 0.484 e. The van der Waals surface area contributed by atoms with E-state index in [0.717, 1.165) is 5.76 Å². The Labute approximate surface area is 160 Å². The Morgan fingerprint density at radius 3 is 2.74 bits per heavy atom. The number of rotatable bonds is 6. The maximum absolute atomic E-state index is 12.6. The number of hydrogen-bond acceptors (Lipinski definition) is 6. The van der Waals surface area contributed by atoms with Crippen LogP contribution in [0.2, 0.25) is 0 Å². The predicted molar refractivity (Wildman–Crippen MR) is 103 cm³/mol. The van der Waals surface area contributed by atoms with Gasteiger partial charge >= 0.3 is 0 Å². The average molecular weight is 385 g/mol. The molecule has 1 aromatic carbocycles. The van der Waals surface area contributed by atoms with E-state index >= 15 is 0 Å². The van der Waals surface area contributed by atoms with Crippen molar-refractivity contribution >= 4 is 28.8 Å². The molecule has 2 aromatic heterocycles. The summed E-state index contributed by atoms with van der Waals surface area (Å²) in [6.45, 7) is 3.55. The fraction of sp³-hybridized carbons (Fsp3) is 0.211. The Hall–Kier alpha value is -3.13. The molecule has 0 fully saturated rings. The number of nitrogens with zero attached hydrogens (tertiary/aromatic N) is 1. The number of carbonyl (C=O) groups is 2. The van der Waals surface area contributed by atoms with Crippen LogP contribution in [0.15, 0.2) is 40.8 Å². The smallest absolute Gasteiger partial charge is 0.267 e. The molecule has 0 bridgehead atoms. The highest BCUT2D eigenvalue weighted by molar-refractivity contribution is 7.17. The van der Waals surface area contributed by atoms with Gasteiger partial charge in [-0.3, -0.25) is 9.59 Å². The minimum Gasteiger partial charge on any atom is -0.484 e. The molecule has 7 nitrogen and oxygen atoms in total. The van der Waals surface area contributed by atoms with Crippen molar-refractivity contribution < 1.29 is 18.7 Å². The minimum atomic E-state index is -0.261. The van der Waals surface area contributed by atoms with Gasteiger partial charge < -0.3 is 19.8 Å². The van der Waals surface area contributed by atoms with Crippen LogP contribution in [0.5, 0.6) is 5.75 Å². The van der Waals surface area contributed by atoms with Crippen molar-refractivity contribution in [3.8, 4) is 16.5 Å². The lowest BCUT2D eigenvalue weighted by Crippen LogP contribution is -2.24. The summed E-state index contributed by atoms with van der Waals surface area (Å²) >= 11 is 1.27. The molecular formula is C19H19N3O4S. The van der Waals surface area contributed by atoms with Crippen LogP contribution in [-0.2, 0) is 4.79 Å². The van der Waals surface area contributed by atoms with Crippen LogP contribution in [0.3, 0.4) is 0 Å². The van der Waals surface area contributed by atoms with E-state index in [9.17, 15) is 9.59 Å². The maximum Gasteiger partial charge on any atom is 0.267 e. The molecule has 2 N–H and O–H groups in total. The second-order valence-corrected chi connectivity index (χ2v) is 6.79. The summed E-state index contributed by atoms with van der Waals surface area (Å²) in [5, 5.41) is 5.97. The molecule has 0 aliphatic heterocycles. The van der Waals surface area contributed by atoms with Crippen molar-refractivity contribution in [2.45, 2.75) is 13.8 Å². The lowest BCUT2D eigenvalue weighted by Gasteiger charge is -2.08. The number of likely N-dealkylation sites (N-methyl/N-ethyl adjacent to an activating group) is 1. The highest BCUT2D eigenvalue weighted by Crippen LogP contribution is 2.30. The molecule has 2 amide bonds. The van der Waals surface area contributed by atoms with Gasteiger partial charge in [-0.15, -0.1) is 11.3 Å². The van der Waals surface area contributed by atoms with Crippen LogP contribution in [0.1, 0.15) is 21.1 Å². The second kappa shape index (κ2) is 8.05. The number of aromatic nitrogens is 1. The van der Waals surface area contributed by atoms with Gasteiger partial charge in [-0.2, -0.15) is 0 Å². The van der Waals surface area contributed by atoms with Crippen molar-refractivity contribution in [2.24, 2.45) is 0 Å². The number of nitrogens with one attached hydrogen (secondary N) is 2. The van der Waals surface area contributed by atoms with E-state index in [4.69, 9.17) is 9.15 Å². The topological polar surface area (TPSA) is 93.5 Å². The van der Waals surface area contributed by atoms with Gasteiger partial charge in [0.2, 0.25) is 0 Å². The van der Waals surface area contributed by atoms with Crippen molar-refractivity contribution in [2.75, 3.05) is 19.0 Å². The molecule has 3 rings (SSSR count). The monoisotopic (exact) mass is 385 g/mol. The maximum atomic E-state index is 12.6. The number of benzene rings is 1. The van der Waals surface area contributed by atoms with Crippen molar-refractivity contribution in [3.05, 3.63) is 52.7 Å². The third kappa shape index (κ3) is 4.53.